The molecule has 0 spiro atoms. The van der Waals surface area contributed by atoms with Crippen molar-refractivity contribution in [3.05, 3.63) is 18.0 Å². The third-order valence-corrected chi connectivity index (χ3v) is 4.98. The maximum Gasteiger partial charge on any atom is 0.0521 e. The van der Waals surface area contributed by atoms with Crippen molar-refractivity contribution in [2.75, 3.05) is 0 Å². The third-order valence-electron chi connectivity index (χ3n) is 3.69. The molecule has 3 unspecified atom stereocenters. The Morgan fingerprint density at radius 2 is 2.33 bits per heavy atom. The van der Waals surface area contributed by atoms with Gasteiger partial charge >= 0.3 is 0 Å². The topological polar surface area (TPSA) is 17.8 Å². The molecule has 15 heavy (non-hydrogen) atoms. The summed E-state index contributed by atoms with van der Waals surface area (Å²) in [5.41, 5.74) is 1.38. The van der Waals surface area contributed by atoms with Crippen molar-refractivity contribution in [1.82, 2.24) is 9.78 Å². The molecule has 0 amide bonds. The van der Waals surface area contributed by atoms with E-state index in [1.807, 2.05) is 17.9 Å². The second-order valence-corrected chi connectivity index (χ2v) is 5.95. The predicted molar refractivity (Wildman–Crippen MR) is 66.1 cm³/mol. The summed E-state index contributed by atoms with van der Waals surface area (Å²) in [6.07, 6.45) is 9.35. The second-order valence-electron chi connectivity index (χ2n) is 4.77. The van der Waals surface area contributed by atoms with E-state index in [2.05, 4.69) is 34.1 Å². The van der Waals surface area contributed by atoms with Gasteiger partial charge in [0.2, 0.25) is 0 Å². The van der Waals surface area contributed by atoms with Crippen LogP contribution in [0.25, 0.3) is 0 Å². The van der Waals surface area contributed by atoms with Gasteiger partial charge in [0.25, 0.3) is 0 Å². The quantitative estimate of drug-likeness (QED) is 0.772. The van der Waals surface area contributed by atoms with Gasteiger partial charge < -0.3 is 0 Å². The van der Waals surface area contributed by atoms with E-state index in [-0.39, 0.29) is 0 Å². The number of nitrogens with zero attached hydrogens (tertiary/aromatic N) is 2. The highest BCUT2D eigenvalue weighted by Gasteiger charge is 2.30. The van der Waals surface area contributed by atoms with Crippen LogP contribution >= 0.6 is 15.9 Å². The maximum absolute atomic E-state index is 4.20. The molecule has 0 saturated heterocycles. The van der Waals surface area contributed by atoms with Gasteiger partial charge in [-0.3, -0.25) is 4.68 Å². The Bertz CT molecular complexity index is 321. The first-order valence-electron chi connectivity index (χ1n) is 5.78. The van der Waals surface area contributed by atoms with Crippen LogP contribution in [0.3, 0.4) is 0 Å². The molecule has 0 aliphatic heterocycles. The summed E-state index contributed by atoms with van der Waals surface area (Å²) in [5, 5.41) is 4.20. The highest BCUT2D eigenvalue weighted by molar-refractivity contribution is 9.09. The lowest BCUT2D eigenvalue weighted by Gasteiger charge is -2.16. The fraction of sp³-hybridized carbons (Fsp3) is 0.750. The molecule has 3 heteroatoms. The Kier molecular flexibility index (Phi) is 3.49. The Morgan fingerprint density at radius 3 is 2.87 bits per heavy atom. The molecule has 0 bridgehead atoms. The van der Waals surface area contributed by atoms with E-state index in [0.717, 1.165) is 16.7 Å². The van der Waals surface area contributed by atoms with E-state index < -0.39 is 0 Å². The van der Waals surface area contributed by atoms with Crippen LogP contribution < -0.4 is 0 Å². The lowest BCUT2D eigenvalue weighted by atomic mass is 9.92. The van der Waals surface area contributed by atoms with Gasteiger partial charge in [0.15, 0.2) is 0 Å². The Labute approximate surface area is 100 Å². The van der Waals surface area contributed by atoms with Crippen LogP contribution in [-0.4, -0.2) is 14.6 Å². The molecule has 1 aliphatic rings. The minimum Gasteiger partial charge on any atom is -0.276 e. The average molecular weight is 271 g/mol. The van der Waals surface area contributed by atoms with Crippen molar-refractivity contribution < 1.29 is 0 Å². The number of alkyl halides is 1. The van der Waals surface area contributed by atoms with Gasteiger partial charge in [-0.25, -0.2) is 0 Å². The van der Waals surface area contributed by atoms with Gasteiger partial charge in [-0.1, -0.05) is 22.9 Å². The zero-order valence-corrected chi connectivity index (χ0v) is 11.1. The van der Waals surface area contributed by atoms with Crippen molar-refractivity contribution in [3.63, 3.8) is 0 Å². The smallest absolute Gasteiger partial charge is 0.0521 e. The highest BCUT2D eigenvalue weighted by atomic mass is 79.9. The zero-order chi connectivity index (χ0) is 10.8. The first kappa shape index (κ1) is 11.2. The number of halogens is 1. The maximum atomic E-state index is 4.20. The van der Waals surface area contributed by atoms with Gasteiger partial charge in [-0.05, 0) is 43.1 Å². The first-order valence-corrected chi connectivity index (χ1v) is 6.70. The Morgan fingerprint density at radius 1 is 1.53 bits per heavy atom. The van der Waals surface area contributed by atoms with E-state index >= 15 is 0 Å². The van der Waals surface area contributed by atoms with E-state index in [1.54, 1.807) is 0 Å². The molecule has 1 aromatic heterocycles. The van der Waals surface area contributed by atoms with E-state index in [1.165, 1.54) is 31.2 Å². The van der Waals surface area contributed by atoms with Crippen LogP contribution in [0, 0.1) is 11.8 Å². The fourth-order valence-electron chi connectivity index (χ4n) is 2.55. The molecule has 0 N–H and O–H groups in total. The number of aromatic nitrogens is 2. The second kappa shape index (κ2) is 4.69. The summed E-state index contributed by atoms with van der Waals surface area (Å²) < 4.78 is 1.89. The van der Waals surface area contributed by atoms with Crippen LogP contribution in [0.2, 0.25) is 0 Å². The monoisotopic (exact) mass is 270 g/mol. The summed E-state index contributed by atoms with van der Waals surface area (Å²) in [4.78, 5) is 0.747. The van der Waals surface area contributed by atoms with Crippen molar-refractivity contribution in [2.24, 2.45) is 18.9 Å². The standard InChI is InChI=1S/C12H19BrN2/c1-9-11(5-6-12(9)13)4-3-10-7-14-15(2)8-10/h7-9,11-12H,3-6H2,1-2H3. The Balaban J connectivity index is 1.83. The van der Waals surface area contributed by atoms with Crippen molar-refractivity contribution in [2.45, 2.75) is 37.4 Å². The third kappa shape index (κ3) is 2.63. The van der Waals surface area contributed by atoms with Crippen LogP contribution in [0.15, 0.2) is 12.4 Å². The molecule has 1 aliphatic carbocycles. The minimum absolute atomic E-state index is 0.747. The molecule has 84 valence electrons. The molecule has 3 atom stereocenters. The molecular weight excluding hydrogens is 252 g/mol. The van der Waals surface area contributed by atoms with Crippen LogP contribution in [-0.2, 0) is 13.5 Å². The van der Waals surface area contributed by atoms with E-state index in [9.17, 15) is 0 Å². The van der Waals surface area contributed by atoms with E-state index in [0.29, 0.717) is 0 Å². The SMILES string of the molecule is CC1C(Br)CCC1CCc1cnn(C)c1. The lowest BCUT2D eigenvalue weighted by molar-refractivity contribution is 0.397. The fourth-order valence-corrected chi connectivity index (χ4v) is 3.25. The Hall–Kier alpha value is -0.310. The summed E-state index contributed by atoms with van der Waals surface area (Å²) >= 11 is 3.76. The average Bonchev–Trinajstić information content (AvgIpc) is 2.74. The molecule has 0 radical (unpaired) electrons. The van der Waals surface area contributed by atoms with Gasteiger partial charge in [-0.15, -0.1) is 0 Å². The molecule has 1 saturated carbocycles. The predicted octanol–water partition coefficient (Wildman–Crippen LogP) is 3.16. The highest BCUT2D eigenvalue weighted by Crippen LogP contribution is 2.38. The molecule has 1 heterocycles. The van der Waals surface area contributed by atoms with Gasteiger partial charge in [0, 0.05) is 18.1 Å². The minimum atomic E-state index is 0.747. The molecule has 2 rings (SSSR count). The number of hydrogen-bond acceptors (Lipinski definition) is 1. The van der Waals surface area contributed by atoms with Crippen molar-refractivity contribution in [3.8, 4) is 0 Å². The molecule has 1 fully saturated rings. The summed E-state index contributed by atoms with van der Waals surface area (Å²) in [7, 11) is 1.98. The first-order chi connectivity index (χ1) is 7.16. The summed E-state index contributed by atoms with van der Waals surface area (Å²) in [5.74, 6) is 1.73. The molecular formula is C12H19BrN2. The normalized spacial score (nSPS) is 31.0. The summed E-state index contributed by atoms with van der Waals surface area (Å²) in [6.45, 7) is 2.38. The van der Waals surface area contributed by atoms with E-state index in [4.69, 9.17) is 0 Å². The van der Waals surface area contributed by atoms with Gasteiger partial charge in [0.05, 0.1) is 6.20 Å². The number of aryl methyl sites for hydroxylation is 2. The van der Waals surface area contributed by atoms with Gasteiger partial charge in [-0.2, -0.15) is 5.10 Å². The zero-order valence-electron chi connectivity index (χ0n) is 9.49. The molecule has 1 aromatic rings. The molecule has 2 nitrogen and oxygen atoms in total. The molecule has 0 aromatic carbocycles. The van der Waals surface area contributed by atoms with Crippen LogP contribution in [0.5, 0.6) is 0 Å². The lowest BCUT2D eigenvalue weighted by Crippen LogP contribution is -2.11. The van der Waals surface area contributed by atoms with Gasteiger partial charge in [0.1, 0.15) is 0 Å². The summed E-state index contributed by atoms with van der Waals surface area (Å²) in [6, 6.07) is 0. The number of rotatable bonds is 3. The number of hydrogen-bond donors (Lipinski definition) is 0. The van der Waals surface area contributed by atoms with Crippen molar-refractivity contribution >= 4 is 15.9 Å². The van der Waals surface area contributed by atoms with Crippen molar-refractivity contribution in [1.29, 1.82) is 0 Å². The van der Waals surface area contributed by atoms with Crippen LogP contribution in [0.4, 0.5) is 0 Å². The largest absolute Gasteiger partial charge is 0.276 e. The van der Waals surface area contributed by atoms with Crippen LogP contribution in [0.1, 0.15) is 31.7 Å².